The summed E-state index contributed by atoms with van der Waals surface area (Å²) in [5.74, 6) is -1.13. The van der Waals surface area contributed by atoms with Crippen LogP contribution in [-0.2, 0) is 14.3 Å². The third kappa shape index (κ3) is 5.92. The first-order valence-corrected chi connectivity index (χ1v) is 7.77. The van der Waals surface area contributed by atoms with E-state index in [0.29, 0.717) is 10.8 Å². The molecule has 2 aromatic rings. The van der Waals surface area contributed by atoms with Crippen LogP contribution in [0, 0.1) is 0 Å². The lowest BCUT2D eigenvalue weighted by Gasteiger charge is -2.13. The van der Waals surface area contributed by atoms with Gasteiger partial charge in [0.25, 0.3) is 11.8 Å². The molecule has 8 nitrogen and oxygen atoms in total. The van der Waals surface area contributed by atoms with Crippen LogP contribution in [0.1, 0.15) is 23.9 Å². The number of furan rings is 1. The Kier molecular flexibility index (Phi) is 6.53. The van der Waals surface area contributed by atoms with Crippen molar-refractivity contribution in [2.45, 2.75) is 19.4 Å². The normalized spacial score (nSPS) is 11.4. The molecule has 0 aromatic carbocycles. The number of carbonyl (C=O) groups is 3. The number of hydrogen-bond acceptors (Lipinski definition) is 6. The number of carbonyl (C=O) groups excluding carboxylic acids is 3. The lowest BCUT2D eigenvalue weighted by atomic mass is 10.3. The van der Waals surface area contributed by atoms with Gasteiger partial charge in [-0.3, -0.25) is 14.4 Å². The number of esters is 1. The molecule has 9 heteroatoms. The van der Waals surface area contributed by atoms with Crippen molar-refractivity contribution in [2.24, 2.45) is 0 Å². The first kappa shape index (κ1) is 18.5. The quantitative estimate of drug-likeness (QED) is 0.726. The smallest absolute Gasteiger partial charge is 0.308 e. The summed E-state index contributed by atoms with van der Waals surface area (Å²) in [5, 5.41) is 5.45. The van der Waals surface area contributed by atoms with Crippen LogP contribution in [0.4, 0.5) is 5.82 Å². The first-order valence-electron chi connectivity index (χ1n) is 7.39. The third-order valence-corrected chi connectivity index (χ3v) is 3.24. The minimum absolute atomic E-state index is 0.0610. The highest BCUT2D eigenvalue weighted by atomic mass is 35.5. The molecule has 2 N–H and O–H groups in total. The first-order chi connectivity index (χ1) is 12.0. The summed E-state index contributed by atoms with van der Waals surface area (Å²) in [6.45, 7) is 1.50. The van der Waals surface area contributed by atoms with E-state index in [-0.39, 0.29) is 18.7 Å². The molecule has 0 saturated heterocycles. The van der Waals surface area contributed by atoms with E-state index in [9.17, 15) is 14.4 Å². The summed E-state index contributed by atoms with van der Waals surface area (Å²) in [4.78, 5) is 39.2. The van der Waals surface area contributed by atoms with Crippen molar-refractivity contribution in [1.82, 2.24) is 10.3 Å². The molecule has 0 aliphatic rings. The molecule has 0 spiro atoms. The Morgan fingerprint density at radius 3 is 2.76 bits per heavy atom. The molecule has 2 aromatic heterocycles. The number of nitrogens with one attached hydrogen (secondary N) is 2. The Bertz CT molecular complexity index is 731. The van der Waals surface area contributed by atoms with E-state index in [1.807, 2.05) is 0 Å². The number of aromatic nitrogens is 1. The van der Waals surface area contributed by atoms with Crippen LogP contribution in [0.25, 0.3) is 0 Å². The highest BCUT2D eigenvalue weighted by Gasteiger charge is 2.18. The highest BCUT2D eigenvalue weighted by Crippen LogP contribution is 2.10. The lowest BCUT2D eigenvalue weighted by Crippen LogP contribution is -2.32. The molecule has 0 aliphatic heterocycles. The predicted octanol–water partition coefficient (Wildman–Crippen LogP) is 2.02. The Labute approximate surface area is 148 Å². The zero-order chi connectivity index (χ0) is 18.2. The van der Waals surface area contributed by atoms with Gasteiger partial charge in [0, 0.05) is 12.7 Å². The minimum atomic E-state index is -1.01. The van der Waals surface area contributed by atoms with Gasteiger partial charge in [0.1, 0.15) is 5.82 Å². The number of hydrogen-bond donors (Lipinski definition) is 2. The minimum Gasteiger partial charge on any atom is -0.459 e. The summed E-state index contributed by atoms with van der Waals surface area (Å²) in [7, 11) is 0. The van der Waals surface area contributed by atoms with Gasteiger partial charge in [-0.15, -0.1) is 0 Å². The number of pyridine rings is 1. The fourth-order valence-corrected chi connectivity index (χ4v) is 1.87. The van der Waals surface area contributed by atoms with E-state index in [1.54, 1.807) is 12.1 Å². The second-order valence-corrected chi connectivity index (χ2v) is 5.40. The van der Waals surface area contributed by atoms with Crippen LogP contribution in [0.5, 0.6) is 0 Å². The maximum Gasteiger partial charge on any atom is 0.308 e. The molecule has 25 heavy (non-hydrogen) atoms. The van der Waals surface area contributed by atoms with E-state index in [1.165, 1.54) is 31.5 Å². The Hall–Kier alpha value is -2.87. The molecule has 0 unspecified atom stereocenters. The Morgan fingerprint density at radius 2 is 2.12 bits per heavy atom. The van der Waals surface area contributed by atoms with Gasteiger partial charge in [-0.1, -0.05) is 11.6 Å². The largest absolute Gasteiger partial charge is 0.459 e. The number of anilines is 1. The molecule has 132 valence electrons. The molecular formula is C16H16ClN3O5. The molecule has 0 aliphatic carbocycles. The van der Waals surface area contributed by atoms with Gasteiger partial charge >= 0.3 is 5.97 Å². The number of ether oxygens (including phenoxy) is 1. The summed E-state index contributed by atoms with van der Waals surface area (Å²) in [5.41, 5.74) is 0. The van der Waals surface area contributed by atoms with Crippen molar-refractivity contribution < 1.29 is 23.5 Å². The van der Waals surface area contributed by atoms with E-state index >= 15 is 0 Å². The van der Waals surface area contributed by atoms with Crippen LogP contribution >= 0.6 is 11.6 Å². The standard InChI is InChI=1S/C16H16ClN3O5/c1-10(15(22)20-13-5-4-11(17)9-19-13)25-14(21)6-7-18-16(23)12-3-2-8-24-12/h2-5,8-10H,6-7H2,1H3,(H,18,23)(H,19,20,22)/t10-/m0/s1. The molecule has 0 fully saturated rings. The second-order valence-electron chi connectivity index (χ2n) is 4.97. The molecule has 2 heterocycles. The third-order valence-electron chi connectivity index (χ3n) is 3.02. The molecule has 0 bridgehead atoms. The topological polar surface area (TPSA) is 111 Å². The molecule has 2 amide bonds. The van der Waals surface area contributed by atoms with Crippen molar-refractivity contribution in [3.8, 4) is 0 Å². The maximum atomic E-state index is 11.9. The average molecular weight is 366 g/mol. The zero-order valence-electron chi connectivity index (χ0n) is 13.3. The number of amides is 2. The molecule has 0 radical (unpaired) electrons. The van der Waals surface area contributed by atoms with Gasteiger partial charge in [-0.25, -0.2) is 4.98 Å². The summed E-state index contributed by atoms with van der Waals surface area (Å²) < 4.78 is 9.92. The number of nitrogens with zero attached hydrogens (tertiary/aromatic N) is 1. The molecule has 0 saturated carbocycles. The average Bonchev–Trinajstić information content (AvgIpc) is 3.11. The predicted molar refractivity (Wildman–Crippen MR) is 89.1 cm³/mol. The number of halogens is 1. The van der Waals surface area contributed by atoms with Gasteiger partial charge in [-0.2, -0.15) is 0 Å². The van der Waals surface area contributed by atoms with Gasteiger partial charge in [0.05, 0.1) is 17.7 Å². The molecule has 2 rings (SSSR count). The monoisotopic (exact) mass is 365 g/mol. The van der Waals surface area contributed by atoms with Crippen molar-refractivity contribution in [3.63, 3.8) is 0 Å². The Balaban J connectivity index is 1.71. The van der Waals surface area contributed by atoms with Crippen molar-refractivity contribution in [3.05, 3.63) is 47.5 Å². The van der Waals surface area contributed by atoms with Gasteiger partial charge in [-0.05, 0) is 31.2 Å². The van der Waals surface area contributed by atoms with Gasteiger partial charge < -0.3 is 19.8 Å². The van der Waals surface area contributed by atoms with Gasteiger partial charge in [0.15, 0.2) is 11.9 Å². The second kappa shape index (κ2) is 8.84. The number of rotatable bonds is 7. The van der Waals surface area contributed by atoms with Gasteiger partial charge in [0.2, 0.25) is 0 Å². The van der Waals surface area contributed by atoms with E-state index in [2.05, 4.69) is 15.6 Å². The lowest BCUT2D eigenvalue weighted by molar-refractivity contribution is -0.153. The molecule has 1 atom stereocenters. The van der Waals surface area contributed by atoms with E-state index in [0.717, 1.165) is 0 Å². The van der Waals surface area contributed by atoms with E-state index in [4.69, 9.17) is 20.8 Å². The highest BCUT2D eigenvalue weighted by molar-refractivity contribution is 6.30. The molecular weight excluding hydrogens is 350 g/mol. The fraction of sp³-hybridized carbons (Fsp3) is 0.250. The Morgan fingerprint density at radius 1 is 1.32 bits per heavy atom. The summed E-state index contributed by atoms with van der Waals surface area (Å²) in [6.07, 6.45) is 1.67. The zero-order valence-corrected chi connectivity index (χ0v) is 14.1. The van der Waals surface area contributed by atoms with Crippen LogP contribution in [0.3, 0.4) is 0 Å². The van der Waals surface area contributed by atoms with Crippen LogP contribution in [0.15, 0.2) is 41.1 Å². The summed E-state index contributed by atoms with van der Waals surface area (Å²) >= 11 is 5.70. The maximum absolute atomic E-state index is 11.9. The van der Waals surface area contributed by atoms with Crippen LogP contribution in [0.2, 0.25) is 5.02 Å². The van der Waals surface area contributed by atoms with Crippen molar-refractivity contribution in [1.29, 1.82) is 0 Å². The van der Waals surface area contributed by atoms with Crippen LogP contribution < -0.4 is 10.6 Å². The van der Waals surface area contributed by atoms with Crippen molar-refractivity contribution in [2.75, 3.05) is 11.9 Å². The van der Waals surface area contributed by atoms with Crippen LogP contribution in [-0.4, -0.2) is 35.4 Å². The SMILES string of the molecule is C[C@H](OC(=O)CCNC(=O)c1ccco1)C(=O)Nc1ccc(Cl)cn1. The fourth-order valence-electron chi connectivity index (χ4n) is 1.76. The summed E-state index contributed by atoms with van der Waals surface area (Å²) in [6, 6.07) is 6.19. The van der Waals surface area contributed by atoms with Crippen molar-refractivity contribution >= 4 is 35.2 Å². The van der Waals surface area contributed by atoms with E-state index < -0.39 is 23.9 Å².